The van der Waals surface area contributed by atoms with E-state index in [1.54, 1.807) is 7.11 Å². The molecule has 5 heteroatoms. The molecule has 0 N–H and O–H groups in total. The minimum Gasteiger partial charge on any atom is -0.494 e. The second-order valence-corrected chi connectivity index (χ2v) is 5.62. The van der Waals surface area contributed by atoms with Gasteiger partial charge in [0.15, 0.2) is 11.4 Å². The molecule has 0 spiro atoms. The van der Waals surface area contributed by atoms with E-state index in [9.17, 15) is 4.79 Å². The van der Waals surface area contributed by atoms with Gasteiger partial charge in [-0.2, -0.15) is 0 Å². The lowest BCUT2D eigenvalue weighted by Gasteiger charge is -2.10. The molecule has 1 heterocycles. The predicted molar refractivity (Wildman–Crippen MR) is 88.9 cm³/mol. The molecule has 112 valence electrons. The van der Waals surface area contributed by atoms with Crippen LogP contribution >= 0.6 is 15.9 Å². The molecule has 0 aliphatic heterocycles. The maximum atomic E-state index is 12.3. The van der Waals surface area contributed by atoms with E-state index < -0.39 is 5.97 Å². The SMILES string of the molecule is COC(=O)c1c(OC)c2cc(Br)ccc2n1-c1ccccc1. The molecule has 0 amide bonds. The molecule has 22 heavy (non-hydrogen) atoms. The Kier molecular flexibility index (Phi) is 3.90. The Morgan fingerprint density at radius 1 is 1.09 bits per heavy atom. The highest BCUT2D eigenvalue weighted by Gasteiger charge is 2.25. The molecule has 0 bridgehead atoms. The summed E-state index contributed by atoms with van der Waals surface area (Å²) in [6.45, 7) is 0. The van der Waals surface area contributed by atoms with Crippen molar-refractivity contribution in [1.29, 1.82) is 0 Å². The predicted octanol–water partition coefficient (Wildman–Crippen LogP) is 4.19. The summed E-state index contributed by atoms with van der Waals surface area (Å²) in [5.41, 5.74) is 2.13. The molecule has 0 saturated heterocycles. The van der Waals surface area contributed by atoms with Gasteiger partial charge in [0, 0.05) is 15.5 Å². The lowest BCUT2D eigenvalue weighted by molar-refractivity contribution is 0.0588. The summed E-state index contributed by atoms with van der Waals surface area (Å²) in [5, 5.41) is 0.848. The van der Waals surface area contributed by atoms with Crippen molar-refractivity contribution in [3.63, 3.8) is 0 Å². The average Bonchev–Trinajstić information content (AvgIpc) is 2.88. The van der Waals surface area contributed by atoms with E-state index in [-0.39, 0.29) is 0 Å². The number of carbonyl (C=O) groups excluding carboxylic acids is 1. The summed E-state index contributed by atoms with van der Waals surface area (Å²) in [6, 6.07) is 15.5. The summed E-state index contributed by atoms with van der Waals surface area (Å²) in [4.78, 5) is 12.3. The Morgan fingerprint density at radius 2 is 1.82 bits per heavy atom. The normalized spacial score (nSPS) is 10.7. The van der Waals surface area contributed by atoms with Gasteiger partial charge in [0.05, 0.1) is 19.7 Å². The molecule has 0 aliphatic rings. The lowest BCUT2D eigenvalue weighted by Crippen LogP contribution is -2.10. The molecule has 0 unspecified atom stereocenters. The Bertz CT molecular complexity index is 840. The smallest absolute Gasteiger partial charge is 0.358 e. The van der Waals surface area contributed by atoms with Crippen molar-refractivity contribution in [3.05, 3.63) is 58.7 Å². The van der Waals surface area contributed by atoms with Gasteiger partial charge in [0.1, 0.15) is 0 Å². The monoisotopic (exact) mass is 359 g/mol. The van der Waals surface area contributed by atoms with Gasteiger partial charge < -0.3 is 14.0 Å². The summed E-state index contributed by atoms with van der Waals surface area (Å²) >= 11 is 3.46. The topological polar surface area (TPSA) is 40.5 Å². The molecular formula is C17H14BrNO3. The Balaban J connectivity index is 2.45. The van der Waals surface area contributed by atoms with E-state index in [4.69, 9.17) is 9.47 Å². The molecule has 4 nitrogen and oxygen atoms in total. The van der Waals surface area contributed by atoms with Gasteiger partial charge in [-0.1, -0.05) is 34.1 Å². The maximum Gasteiger partial charge on any atom is 0.358 e. The van der Waals surface area contributed by atoms with E-state index in [1.165, 1.54) is 7.11 Å². The van der Waals surface area contributed by atoms with Crippen molar-refractivity contribution in [3.8, 4) is 11.4 Å². The van der Waals surface area contributed by atoms with Gasteiger partial charge in [-0.3, -0.25) is 0 Å². The van der Waals surface area contributed by atoms with Gasteiger partial charge in [-0.25, -0.2) is 4.79 Å². The number of nitrogens with zero attached hydrogens (tertiary/aromatic N) is 1. The van der Waals surface area contributed by atoms with Crippen LogP contribution in [0, 0.1) is 0 Å². The van der Waals surface area contributed by atoms with Gasteiger partial charge in [-0.05, 0) is 30.3 Å². The first-order valence-electron chi connectivity index (χ1n) is 6.69. The third kappa shape index (κ3) is 2.27. The number of carbonyl (C=O) groups is 1. The number of benzene rings is 2. The fourth-order valence-corrected chi connectivity index (χ4v) is 2.93. The number of para-hydroxylation sites is 1. The minimum absolute atomic E-state index is 0.379. The fraction of sp³-hybridized carbons (Fsp3) is 0.118. The highest BCUT2D eigenvalue weighted by Crippen LogP contribution is 2.37. The summed E-state index contributed by atoms with van der Waals surface area (Å²) < 4.78 is 13.2. The molecule has 3 rings (SSSR count). The molecule has 0 atom stereocenters. The quantitative estimate of drug-likeness (QED) is 0.658. The van der Waals surface area contributed by atoms with Crippen LogP contribution in [0.2, 0.25) is 0 Å². The third-order valence-corrected chi connectivity index (χ3v) is 3.97. The van der Waals surface area contributed by atoms with Crippen molar-refractivity contribution in [1.82, 2.24) is 4.57 Å². The number of halogens is 1. The van der Waals surface area contributed by atoms with E-state index >= 15 is 0 Å². The Hall–Kier alpha value is -2.27. The van der Waals surface area contributed by atoms with Gasteiger partial charge >= 0.3 is 5.97 Å². The standard InChI is InChI=1S/C17H14BrNO3/c1-21-16-13-10-11(18)8-9-14(13)19(15(16)17(20)22-2)12-6-4-3-5-7-12/h3-10H,1-2H3. The fourth-order valence-electron chi connectivity index (χ4n) is 2.57. The second-order valence-electron chi connectivity index (χ2n) is 4.71. The lowest BCUT2D eigenvalue weighted by atomic mass is 10.2. The number of ether oxygens (including phenoxy) is 2. The van der Waals surface area contributed by atoms with Crippen LogP contribution in [-0.4, -0.2) is 24.8 Å². The zero-order chi connectivity index (χ0) is 15.7. The van der Waals surface area contributed by atoms with Crippen molar-refractivity contribution < 1.29 is 14.3 Å². The van der Waals surface area contributed by atoms with Crippen LogP contribution in [0.3, 0.4) is 0 Å². The second kappa shape index (κ2) is 5.85. The highest BCUT2D eigenvalue weighted by molar-refractivity contribution is 9.10. The van der Waals surface area contributed by atoms with E-state index in [0.717, 1.165) is 21.1 Å². The van der Waals surface area contributed by atoms with E-state index in [1.807, 2.05) is 53.1 Å². The number of fused-ring (bicyclic) bond motifs is 1. The largest absolute Gasteiger partial charge is 0.494 e. The van der Waals surface area contributed by atoms with Gasteiger partial charge in [-0.15, -0.1) is 0 Å². The van der Waals surface area contributed by atoms with Crippen LogP contribution in [0.15, 0.2) is 53.0 Å². The van der Waals surface area contributed by atoms with Crippen molar-refractivity contribution in [2.24, 2.45) is 0 Å². The van der Waals surface area contributed by atoms with Crippen LogP contribution in [0.5, 0.6) is 5.75 Å². The number of esters is 1. The van der Waals surface area contributed by atoms with E-state index in [2.05, 4.69) is 15.9 Å². The molecule has 1 aromatic heterocycles. The zero-order valence-corrected chi connectivity index (χ0v) is 13.8. The summed E-state index contributed by atoms with van der Waals surface area (Å²) in [6.07, 6.45) is 0. The van der Waals surface area contributed by atoms with Crippen molar-refractivity contribution in [2.75, 3.05) is 14.2 Å². The maximum absolute atomic E-state index is 12.3. The number of aromatic nitrogens is 1. The summed E-state index contributed by atoms with van der Waals surface area (Å²) in [5.74, 6) is 0.0695. The zero-order valence-electron chi connectivity index (χ0n) is 12.2. The van der Waals surface area contributed by atoms with Crippen LogP contribution in [0.25, 0.3) is 16.6 Å². The van der Waals surface area contributed by atoms with Gasteiger partial charge in [0.2, 0.25) is 0 Å². The first-order chi connectivity index (χ1) is 10.7. The van der Waals surface area contributed by atoms with Crippen LogP contribution in [0.1, 0.15) is 10.5 Å². The van der Waals surface area contributed by atoms with Crippen LogP contribution in [-0.2, 0) is 4.74 Å². The van der Waals surface area contributed by atoms with Gasteiger partial charge in [0.25, 0.3) is 0 Å². The number of methoxy groups -OCH3 is 2. The molecule has 0 fully saturated rings. The molecule has 2 aromatic carbocycles. The minimum atomic E-state index is -0.437. The van der Waals surface area contributed by atoms with Crippen LogP contribution < -0.4 is 4.74 Å². The first-order valence-corrected chi connectivity index (χ1v) is 7.48. The number of hydrogen-bond acceptors (Lipinski definition) is 3. The molecule has 3 aromatic rings. The number of rotatable bonds is 3. The summed E-state index contributed by atoms with van der Waals surface area (Å²) in [7, 11) is 2.92. The highest BCUT2D eigenvalue weighted by atomic mass is 79.9. The first kappa shape index (κ1) is 14.7. The molecule has 0 radical (unpaired) electrons. The number of hydrogen-bond donors (Lipinski definition) is 0. The Morgan fingerprint density at radius 3 is 2.45 bits per heavy atom. The Labute approximate surface area is 136 Å². The van der Waals surface area contributed by atoms with E-state index in [0.29, 0.717) is 11.4 Å². The van der Waals surface area contributed by atoms with Crippen LogP contribution in [0.4, 0.5) is 0 Å². The molecular weight excluding hydrogens is 346 g/mol. The third-order valence-electron chi connectivity index (χ3n) is 3.48. The average molecular weight is 360 g/mol. The molecule has 0 saturated carbocycles. The molecule has 0 aliphatic carbocycles. The van der Waals surface area contributed by atoms with Crippen molar-refractivity contribution >= 4 is 32.8 Å². The van der Waals surface area contributed by atoms with Crippen molar-refractivity contribution in [2.45, 2.75) is 0 Å².